The van der Waals surface area contributed by atoms with E-state index in [1.165, 1.54) is 57.5 Å². The number of sulfonamides is 1. The number of likely N-dealkylation sites (tertiary alicyclic amines) is 1. The highest BCUT2D eigenvalue weighted by Gasteiger charge is 2.46. The van der Waals surface area contributed by atoms with Crippen LogP contribution < -0.4 is 9.47 Å². The molecule has 0 unspecified atom stereocenters. The molecule has 1 fully saturated rings. The lowest BCUT2D eigenvalue weighted by Gasteiger charge is -2.25. The maximum atomic E-state index is 13.1. The molecule has 0 aliphatic carbocycles. The summed E-state index contributed by atoms with van der Waals surface area (Å²) >= 11 is 0. The number of aliphatic hydroxyl groups excluding tert-OH is 1. The second-order valence-corrected chi connectivity index (χ2v) is 10.3. The van der Waals surface area contributed by atoms with Gasteiger partial charge in [-0.2, -0.15) is 0 Å². The summed E-state index contributed by atoms with van der Waals surface area (Å²) in [5.41, 5.74) is 0.602. The molecular formula is C25H30N2O8S. The van der Waals surface area contributed by atoms with E-state index >= 15 is 0 Å². The molecule has 0 saturated carbocycles. The molecule has 11 heteroatoms. The molecule has 36 heavy (non-hydrogen) atoms. The first-order valence-electron chi connectivity index (χ1n) is 11.2. The summed E-state index contributed by atoms with van der Waals surface area (Å²) in [6.07, 6.45) is 0. The van der Waals surface area contributed by atoms with Crippen LogP contribution in [0, 0.1) is 0 Å². The second-order valence-electron chi connectivity index (χ2n) is 8.14. The van der Waals surface area contributed by atoms with Gasteiger partial charge >= 0.3 is 0 Å². The maximum absolute atomic E-state index is 13.1. The molecule has 1 amide bonds. The molecule has 194 valence electrons. The number of carbonyl (C=O) groups excluding carboxylic acids is 2. The Morgan fingerprint density at radius 3 is 2.28 bits per heavy atom. The number of Topliss-reactive ketones (excluding diaryl/α,β-unsaturated/α-hetero) is 1. The van der Waals surface area contributed by atoms with Gasteiger partial charge in [0.1, 0.15) is 5.76 Å². The van der Waals surface area contributed by atoms with Crippen molar-refractivity contribution in [2.45, 2.75) is 17.9 Å². The number of amides is 1. The van der Waals surface area contributed by atoms with Gasteiger partial charge in [-0.05, 0) is 48.9 Å². The van der Waals surface area contributed by atoms with Crippen LogP contribution >= 0.6 is 0 Å². The van der Waals surface area contributed by atoms with E-state index in [0.29, 0.717) is 23.7 Å². The van der Waals surface area contributed by atoms with Crippen LogP contribution in [0.3, 0.4) is 0 Å². The van der Waals surface area contributed by atoms with Crippen LogP contribution in [-0.2, 0) is 24.3 Å². The fraction of sp³-hybridized carbons (Fsp3) is 0.360. The Kier molecular flexibility index (Phi) is 8.39. The number of hydrogen-bond donors (Lipinski definition) is 1. The summed E-state index contributed by atoms with van der Waals surface area (Å²) in [4.78, 5) is 27.4. The molecule has 2 aromatic carbocycles. The van der Waals surface area contributed by atoms with E-state index in [2.05, 4.69) is 0 Å². The zero-order valence-corrected chi connectivity index (χ0v) is 21.7. The average molecular weight is 519 g/mol. The minimum absolute atomic E-state index is 0.0254. The number of aliphatic hydroxyl groups is 1. The molecule has 1 atom stereocenters. The Labute approximate surface area is 210 Å². The number of methoxy groups -OCH3 is 2. The van der Waals surface area contributed by atoms with Crippen LogP contribution in [0.4, 0.5) is 0 Å². The predicted molar refractivity (Wildman–Crippen MR) is 132 cm³/mol. The fourth-order valence-electron chi connectivity index (χ4n) is 3.93. The first-order valence-corrected chi connectivity index (χ1v) is 12.6. The Balaban J connectivity index is 2.16. The molecule has 1 saturated heterocycles. The molecule has 3 rings (SSSR count). The lowest BCUT2D eigenvalue weighted by molar-refractivity contribution is -0.140. The van der Waals surface area contributed by atoms with Crippen LogP contribution in [0.1, 0.15) is 24.1 Å². The lowest BCUT2D eigenvalue weighted by atomic mass is 9.95. The quantitative estimate of drug-likeness (QED) is 0.289. The van der Waals surface area contributed by atoms with E-state index in [9.17, 15) is 23.1 Å². The summed E-state index contributed by atoms with van der Waals surface area (Å²) in [7, 11) is 2.10. The lowest BCUT2D eigenvalue weighted by Crippen LogP contribution is -2.32. The first kappa shape index (κ1) is 27.2. The fourth-order valence-corrected chi connectivity index (χ4v) is 4.83. The monoisotopic (exact) mass is 518 g/mol. The van der Waals surface area contributed by atoms with E-state index in [-0.39, 0.29) is 29.2 Å². The third-order valence-electron chi connectivity index (χ3n) is 5.79. The van der Waals surface area contributed by atoms with Gasteiger partial charge in [-0.25, -0.2) is 12.7 Å². The average Bonchev–Trinajstić information content (AvgIpc) is 3.12. The number of carbonyl (C=O) groups is 2. The molecule has 1 heterocycles. The SMILES string of the molecule is CCOc1ccc([C@H]2C(=C(O)c3ccc(S(=O)(=O)N(C)C)cc3)C(=O)C(=O)N2CCOC)cc1OC. The van der Waals surface area contributed by atoms with Crippen molar-refractivity contribution in [3.05, 3.63) is 59.2 Å². The maximum Gasteiger partial charge on any atom is 0.295 e. The molecule has 0 aromatic heterocycles. The van der Waals surface area contributed by atoms with Gasteiger partial charge in [0.05, 0.1) is 36.8 Å². The van der Waals surface area contributed by atoms with E-state index in [4.69, 9.17) is 14.2 Å². The molecule has 0 spiro atoms. The van der Waals surface area contributed by atoms with E-state index in [0.717, 1.165) is 4.31 Å². The van der Waals surface area contributed by atoms with Crippen LogP contribution in [0.25, 0.3) is 5.76 Å². The van der Waals surface area contributed by atoms with Gasteiger partial charge in [-0.1, -0.05) is 6.07 Å². The van der Waals surface area contributed by atoms with Gasteiger partial charge in [0, 0.05) is 33.3 Å². The van der Waals surface area contributed by atoms with Crippen molar-refractivity contribution in [1.29, 1.82) is 0 Å². The smallest absolute Gasteiger partial charge is 0.295 e. The van der Waals surface area contributed by atoms with Crippen molar-refractivity contribution in [2.24, 2.45) is 0 Å². The Bertz CT molecular complexity index is 1270. The molecule has 0 radical (unpaired) electrons. The van der Waals surface area contributed by atoms with Gasteiger partial charge in [0.2, 0.25) is 10.0 Å². The van der Waals surface area contributed by atoms with Gasteiger partial charge in [-0.3, -0.25) is 9.59 Å². The summed E-state index contributed by atoms with van der Waals surface area (Å²) in [6.45, 7) is 2.54. The Morgan fingerprint density at radius 1 is 1.06 bits per heavy atom. The zero-order chi connectivity index (χ0) is 26.6. The van der Waals surface area contributed by atoms with Crippen LogP contribution in [0.5, 0.6) is 11.5 Å². The number of hydrogen-bond acceptors (Lipinski definition) is 8. The van der Waals surface area contributed by atoms with E-state index in [1.54, 1.807) is 18.2 Å². The Hall–Kier alpha value is -3.41. The van der Waals surface area contributed by atoms with Gasteiger partial charge in [0.25, 0.3) is 11.7 Å². The number of ether oxygens (including phenoxy) is 3. The van der Waals surface area contributed by atoms with E-state index < -0.39 is 33.5 Å². The van der Waals surface area contributed by atoms with E-state index in [1.807, 2.05) is 6.92 Å². The topological polar surface area (TPSA) is 123 Å². The highest BCUT2D eigenvalue weighted by atomic mass is 32.2. The molecule has 1 aliphatic rings. The molecule has 2 aromatic rings. The summed E-state index contributed by atoms with van der Waals surface area (Å²) < 4.78 is 42.0. The number of nitrogens with zero attached hydrogens (tertiary/aromatic N) is 2. The molecule has 0 bridgehead atoms. The van der Waals surface area contributed by atoms with Crippen molar-refractivity contribution in [1.82, 2.24) is 9.21 Å². The largest absolute Gasteiger partial charge is 0.507 e. The third-order valence-corrected chi connectivity index (χ3v) is 7.62. The normalized spacial score (nSPS) is 17.6. The summed E-state index contributed by atoms with van der Waals surface area (Å²) in [5.74, 6) is -1.15. The van der Waals surface area contributed by atoms with Crippen molar-refractivity contribution < 1.29 is 37.3 Å². The summed E-state index contributed by atoms with van der Waals surface area (Å²) in [5, 5.41) is 11.2. The first-order chi connectivity index (χ1) is 17.1. The molecular weight excluding hydrogens is 488 g/mol. The molecule has 1 N–H and O–H groups in total. The van der Waals surface area contributed by atoms with Crippen molar-refractivity contribution in [3.63, 3.8) is 0 Å². The van der Waals surface area contributed by atoms with Gasteiger partial charge in [-0.15, -0.1) is 0 Å². The zero-order valence-electron chi connectivity index (χ0n) is 20.8. The standard InChI is InChI=1S/C25H30N2O8S/c1-6-35-19-12-9-17(15-20(19)34-5)22-21(24(29)25(30)27(22)13-14-33-4)23(28)16-7-10-18(11-8-16)36(31,32)26(2)3/h7-12,15,22,28H,6,13-14H2,1-5H3/t22-/m0/s1. The minimum atomic E-state index is -3.68. The number of benzene rings is 2. The van der Waals surface area contributed by atoms with Crippen molar-refractivity contribution in [3.8, 4) is 11.5 Å². The number of rotatable bonds is 10. The van der Waals surface area contributed by atoms with Crippen molar-refractivity contribution >= 4 is 27.5 Å². The summed E-state index contributed by atoms with van der Waals surface area (Å²) in [6, 6.07) is 9.56. The van der Waals surface area contributed by atoms with Crippen molar-refractivity contribution in [2.75, 3.05) is 48.1 Å². The van der Waals surface area contributed by atoms with Gasteiger partial charge in [0.15, 0.2) is 11.5 Å². The van der Waals surface area contributed by atoms with Gasteiger partial charge < -0.3 is 24.2 Å². The second kappa shape index (κ2) is 11.1. The van der Waals surface area contributed by atoms with Crippen LogP contribution in [0.2, 0.25) is 0 Å². The number of ketones is 1. The van der Waals surface area contributed by atoms with Crippen LogP contribution in [0.15, 0.2) is 52.9 Å². The highest BCUT2D eigenvalue weighted by molar-refractivity contribution is 7.89. The Morgan fingerprint density at radius 2 is 1.72 bits per heavy atom. The minimum Gasteiger partial charge on any atom is -0.507 e. The molecule has 1 aliphatic heterocycles. The highest BCUT2D eigenvalue weighted by Crippen LogP contribution is 2.42. The van der Waals surface area contributed by atoms with Crippen LogP contribution in [-0.4, -0.2) is 82.5 Å². The third kappa shape index (κ3) is 5.08. The predicted octanol–water partition coefficient (Wildman–Crippen LogP) is 2.41. The molecule has 10 nitrogen and oxygen atoms in total.